The Balaban J connectivity index is 1.23. The molecule has 4 heterocycles. The molecular weight excluding hydrogens is 669 g/mol. The molecule has 0 unspecified atom stereocenters. The van der Waals surface area contributed by atoms with Crippen LogP contribution in [0.1, 0.15) is 53.1 Å². The average molecular weight is 705 g/mol. The topological polar surface area (TPSA) is 157 Å². The summed E-state index contributed by atoms with van der Waals surface area (Å²) in [5.41, 5.74) is -4.37. The number of nitrogens with zero attached hydrogens (tertiary/aromatic N) is 3. The molecule has 4 atom stereocenters. The first kappa shape index (κ1) is 34.1. The third kappa shape index (κ3) is 6.61. The van der Waals surface area contributed by atoms with Crippen molar-refractivity contribution in [3.8, 4) is 0 Å². The van der Waals surface area contributed by atoms with Crippen LogP contribution in [0.4, 0.5) is 8.78 Å². The maximum Gasteiger partial charge on any atom is 0.399 e. The lowest BCUT2D eigenvalue weighted by Gasteiger charge is -2.40. The number of ether oxygens (including phenoxy) is 1. The number of hydrogen-bond acceptors (Lipinski definition) is 7. The van der Waals surface area contributed by atoms with Gasteiger partial charge in [0, 0.05) is 42.9 Å². The van der Waals surface area contributed by atoms with Crippen molar-refractivity contribution < 1.29 is 47.0 Å². The maximum absolute atomic E-state index is 14.3. The predicted molar refractivity (Wildman–Crippen MR) is 171 cm³/mol. The molecule has 6 rings (SSSR count). The zero-order valence-corrected chi connectivity index (χ0v) is 27.7. The second-order valence-electron chi connectivity index (χ2n) is 12.3. The molecule has 3 fully saturated rings. The predicted octanol–water partition coefficient (Wildman–Crippen LogP) is 3.44. The number of rotatable bonds is 6. The molecule has 3 aliphatic rings. The van der Waals surface area contributed by atoms with Crippen molar-refractivity contribution in [2.45, 2.75) is 56.1 Å². The van der Waals surface area contributed by atoms with Gasteiger partial charge in [-0.3, -0.25) is 23.7 Å². The Bertz CT molecular complexity index is 1790. The van der Waals surface area contributed by atoms with E-state index in [1.54, 1.807) is 9.80 Å². The Kier molecular flexibility index (Phi) is 9.44. The summed E-state index contributed by atoms with van der Waals surface area (Å²) >= 11 is 0.951. The van der Waals surface area contributed by atoms with Gasteiger partial charge in [0.1, 0.15) is 18.2 Å². The lowest BCUT2D eigenvalue weighted by Crippen LogP contribution is -2.61. The van der Waals surface area contributed by atoms with Crippen molar-refractivity contribution in [3.05, 3.63) is 70.6 Å². The molecule has 0 radical (unpaired) electrons. The molecule has 0 spiro atoms. The second kappa shape index (κ2) is 13.3. The lowest BCUT2D eigenvalue weighted by atomic mass is 10.1. The zero-order chi connectivity index (χ0) is 34.4. The first-order valence-corrected chi connectivity index (χ1v) is 18.0. The van der Waals surface area contributed by atoms with Gasteiger partial charge in [0.2, 0.25) is 17.7 Å². The zero-order valence-electron chi connectivity index (χ0n) is 26.0. The summed E-state index contributed by atoms with van der Waals surface area (Å²) in [6.07, 6.45) is 1.16. The van der Waals surface area contributed by atoms with Crippen LogP contribution in [0.2, 0.25) is 0 Å². The molecule has 48 heavy (non-hydrogen) atoms. The summed E-state index contributed by atoms with van der Waals surface area (Å²) in [4.78, 5) is 77.4. The smallest absolute Gasteiger partial charge is 0.370 e. The summed E-state index contributed by atoms with van der Waals surface area (Å²) in [6, 6.07) is 11.7. The molecule has 3 aromatic rings. The molecule has 4 amide bonds. The van der Waals surface area contributed by atoms with Crippen molar-refractivity contribution in [2.24, 2.45) is 0 Å². The summed E-state index contributed by atoms with van der Waals surface area (Å²) in [7, 11) is -5.80. The Morgan fingerprint density at radius 3 is 2.46 bits per heavy atom. The van der Waals surface area contributed by atoms with E-state index in [1.807, 2.05) is 30.3 Å². The third-order valence-corrected chi connectivity index (χ3v) is 11.3. The molecule has 2 aromatic carbocycles. The summed E-state index contributed by atoms with van der Waals surface area (Å²) < 4.78 is 46.4. The normalized spacial score (nSPS) is 23.9. The Hall–Kier alpha value is -3.75. The van der Waals surface area contributed by atoms with E-state index in [0.29, 0.717) is 50.2 Å². The van der Waals surface area contributed by atoms with Crippen LogP contribution >= 0.6 is 18.9 Å². The molecule has 0 saturated carbocycles. The van der Waals surface area contributed by atoms with Gasteiger partial charge >= 0.3 is 13.3 Å². The molecule has 0 aliphatic carbocycles. The number of carbonyl (C=O) groups excluding carboxylic acids is 4. The molecule has 16 heteroatoms. The summed E-state index contributed by atoms with van der Waals surface area (Å²) in [5.74, 6) is -1.66. The quantitative estimate of drug-likeness (QED) is 0.330. The highest BCUT2D eigenvalue weighted by Gasteiger charge is 2.50. The van der Waals surface area contributed by atoms with Gasteiger partial charge < -0.3 is 34.5 Å². The highest BCUT2D eigenvalue weighted by Crippen LogP contribution is 2.59. The number of fused-ring (bicyclic) bond motifs is 2. The van der Waals surface area contributed by atoms with Crippen LogP contribution in [0.25, 0.3) is 10.1 Å². The van der Waals surface area contributed by atoms with E-state index in [1.165, 1.54) is 24.0 Å². The number of hydrogen-bond donors (Lipinski definition) is 3. The van der Waals surface area contributed by atoms with E-state index in [4.69, 9.17) is 14.5 Å². The van der Waals surface area contributed by atoms with E-state index in [-0.39, 0.29) is 40.8 Å². The fourth-order valence-corrected chi connectivity index (χ4v) is 8.10. The molecule has 1 aromatic heterocycles. The van der Waals surface area contributed by atoms with Gasteiger partial charge in [-0.05, 0) is 48.4 Å². The number of thiophene rings is 1. The first-order chi connectivity index (χ1) is 22.7. The lowest BCUT2D eigenvalue weighted by molar-refractivity contribution is -0.152. The molecule has 256 valence electrons. The Morgan fingerprint density at radius 2 is 1.75 bits per heavy atom. The second-order valence-corrected chi connectivity index (χ2v) is 15.0. The minimum Gasteiger partial charge on any atom is -0.370 e. The summed E-state index contributed by atoms with van der Waals surface area (Å²) in [6.45, 7) is 2.62. The van der Waals surface area contributed by atoms with Gasteiger partial charge in [-0.25, -0.2) is 0 Å². The average Bonchev–Trinajstić information content (AvgIpc) is 3.68. The van der Waals surface area contributed by atoms with Crippen LogP contribution in [0.15, 0.2) is 54.6 Å². The minimum atomic E-state index is -5.80. The van der Waals surface area contributed by atoms with Crippen LogP contribution in [0.5, 0.6) is 0 Å². The first-order valence-electron chi connectivity index (χ1n) is 15.6. The highest BCUT2D eigenvalue weighted by atomic mass is 32.1. The number of halogens is 2. The van der Waals surface area contributed by atoms with Gasteiger partial charge in [0.25, 0.3) is 5.91 Å². The Labute approximate surface area is 278 Å². The molecule has 12 nitrogen and oxygen atoms in total. The maximum atomic E-state index is 14.3. The fourth-order valence-electron chi connectivity index (χ4n) is 6.68. The van der Waals surface area contributed by atoms with E-state index >= 15 is 0 Å². The van der Waals surface area contributed by atoms with Crippen molar-refractivity contribution >= 4 is 52.6 Å². The van der Waals surface area contributed by atoms with Gasteiger partial charge in [-0.1, -0.05) is 36.4 Å². The molecule has 0 bridgehead atoms. The van der Waals surface area contributed by atoms with Crippen LogP contribution < -0.4 is 5.32 Å². The van der Waals surface area contributed by atoms with Crippen molar-refractivity contribution in [1.82, 2.24) is 20.0 Å². The van der Waals surface area contributed by atoms with E-state index in [0.717, 1.165) is 29.0 Å². The summed E-state index contributed by atoms with van der Waals surface area (Å²) in [5, 5.41) is 2.88. The van der Waals surface area contributed by atoms with Crippen molar-refractivity contribution in [2.75, 3.05) is 32.8 Å². The van der Waals surface area contributed by atoms with E-state index < -0.39 is 42.7 Å². The van der Waals surface area contributed by atoms with Gasteiger partial charge in [-0.15, -0.1) is 11.3 Å². The largest absolute Gasteiger partial charge is 0.399 e. The molecule has 3 aliphatic heterocycles. The van der Waals surface area contributed by atoms with Crippen molar-refractivity contribution in [3.63, 3.8) is 0 Å². The molecule has 3 N–H and O–H groups in total. The number of benzene rings is 2. The van der Waals surface area contributed by atoms with Crippen LogP contribution in [-0.4, -0.2) is 99.0 Å². The third-order valence-electron chi connectivity index (χ3n) is 9.23. The Morgan fingerprint density at radius 1 is 1.00 bits per heavy atom. The molecule has 3 saturated heterocycles. The SMILES string of the molecule is CC(=O)N1CC[C@H]2CC[C@@H](C(=O)N3CCO[C@@H](c4ccccc4)C3)N2C(=O)[C@@H](NC(=O)c2cc3cc(C(F)(F)P(=O)(O)O)ccc3s2)C1. The number of nitrogens with one attached hydrogen (secondary N) is 1. The fraction of sp³-hybridized carbons (Fsp3) is 0.438. The van der Waals surface area contributed by atoms with Crippen LogP contribution in [0, 0.1) is 0 Å². The number of alkyl halides is 2. The number of morpholine rings is 1. The number of carbonyl (C=O) groups is 4. The van der Waals surface area contributed by atoms with E-state index in [9.17, 15) is 32.5 Å². The highest BCUT2D eigenvalue weighted by molar-refractivity contribution is 7.52. The van der Waals surface area contributed by atoms with Gasteiger partial charge in [0.05, 0.1) is 18.0 Å². The van der Waals surface area contributed by atoms with Crippen LogP contribution in [-0.2, 0) is 29.3 Å². The number of amides is 4. The van der Waals surface area contributed by atoms with Crippen molar-refractivity contribution in [1.29, 1.82) is 0 Å². The van der Waals surface area contributed by atoms with Gasteiger partial charge in [0.15, 0.2) is 0 Å². The monoisotopic (exact) mass is 704 g/mol. The van der Waals surface area contributed by atoms with E-state index in [2.05, 4.69) is 5.32 Å². The molecular formula is C32H35F2N4O8PS. The minimum absolute atomic E-state index is 0.0664. The van der Waals surface area contributed by atoms with Gasteiger partial charge in [-0.2, -0.15) is 8.78 Å². The standard InChI is InChI=1S/C32H35F2N4O8PS/c1-19(39)36-12-11-23-8-9-25(31(42)37-13-14-46-26(18-37)20-5-3-2-4-6-20)38(23)30(41)24(17-36)35-29(40)28-16-21-15-22(7-10-27(21)48-28)32(33,34)47(43,44)45/h2-7,10,15-16,23-26H,8-9,11-14,17-18H2,1H3,(H,35,40)(H2,43,44,45)/t23-,24+,25+,26-/m1/s1. The van der Waals surface area contributed by atoms with Crippen LogP contribution in [0.3, 0.4) is 0 Å².